The number of hydrogen-bond acceptors (Lipinski definition) is 4. The fourth-order valence-corrected chi connectivity index (χ4v) is 1.69. The molecule has 8 heteroatoms. The monoisotopic (exact) mass is 327 g/mol. The van der Waals surface area contributed by atoms with Crippen LogP contribution in [0.3, 0.4) is 0 Å². The Kier molecular flexibility index (Phi) is 4.95. The zero-order chi connectivity index (χ0) is 16.9. The first-order valence-electron chi connectivity index (χ1n) is 6.41. The molecule has 0 fully saturated rings. The normalized spacial score (nSPS) is 10.9. The van der Waals surface area contributed by atoms with Gasteiger partial charge in [-0.15, -0.1) is 13.2 Å². The largest absolute Gasteiger partial charge is 0.573 e. The minimum absolute atomic E-state index is 0.243. The highest BCUT2D eigenvalue weighted by molar-refractivity contribution is 5.72. The van der Waals surface area contributed by atoms with Gasteiger partial charge in [0.1, 0.15) is 23.8 Å². The zero-order valence-corrected chi connectivity index (χ0v) is 11.6. The number of nitrogens with one attached hydrogen (secondary N) is 1. The van der Waals surface area contributed by atoms with Crippen LogP contribution in [0.5, 0.6) is 17.2 Å². The van der Waals surface area contributed by atoms with Crippen molar-refractivity contribution in [2.45, 2.75) is 6.36 Å². The molecular formula is C15H12F3NO4. The van der Waals surface area contributed by atoms with E-state index in [1.165, 1.54) is 12.1 Å². The smallest absolute Gasteiger partial charge is 0.480 e. The molecule has 2 rings (SSSR count). The van der Waals surface area contributed by atoms with Gasteiger partial charge < -0.3 is 19.9 Å². The van der Waals surface area contributed by atoms with E-state index < -0.39 is 12.3 Å². The highest BCUT2D eigenvalue weighted by Crippen LogP contribution is 2.28. The summed E-state index contributed by atoms with van der Waals surface area (Å²) in [6, 6.07) is 11.5. The number of halogens is 3. The van der Waals surface area contributed by atoms with Crippen LogP contribution in [0.4, 0.5) is 18.9 Å². The second kappa shape index (κ2) is 6.91. The third-order valence-electron chi connectivity index (χ3n) is 2.57. The predicted octanol–water partition coefficient (Wildman–Crippen LogP) is 3.87. The standard InChI is InChI=1S/C15H12F3NO4/c16-15(17,18)23-12-6-4-11(5-7-12)22-13-3-1-2-10(8-13)19-9-14(20)21/h1-8,19H,9H2,(H,20,21). The molecule has 0 aliphatic carbocycles. The molecular weight excluding hydrogens is 315 g/mol. The van der Waals surface area contributed by atoms with Crippen molar-refractivity contribution in [2.24, 2.45) is 0 Å². The third kappa shape index (κ3) is 5.77. The molecule has 0 unspecified atom stereocenters. The first kappa shape index (κ1) is 16.5. The first-order valence-corrected chi connectivity index (χ1v) is 6.41. The van der Waals surface area contributed by atoms with Gasteiger partial charge in [0, 0.05) is 11.8 Å². The summed E-state index contributed by atoms with van der Waals surface area (Å²) in [5.74, 6) is -0.627. The second-order valence-corrected chi connectivity index (χ2v) is 4.40. The molecule has 0 amide bonds. The molecule has 0 saturated carbocycles. The number of aliphatic carboxylic acids is 1. The molecule has 2 N–H and O–H groups in total. The lowest BCUT2D eigenvalue weighted by atomic mass is 10.3. The van der Waals surface area contributed by atoms with Crippen molar-refractivity contribution in [1.29, 1.82) is 0 Å². The van der Waals surface area contributed by atoms with Crippen molar-refractivity contribution in [1.82, 2.24) is 0 Å². The van der Waals surface area contributed by atoms with Gasteiger partial charge >= 0.3 is 12.3 Å². The molecule has 0 radical (unpaired) electrons. The topological polar surface area (TPSA) is 67.8 Å². The van der Waals surface area contributed by atoms with Gasteiger partial charge in [-0.25, -0.2) is 0 Å². The minimum atomic E-state index is -4.74. The van der Waals surface area contributed by atoms with Crippen molar-refractivity contribution in [3.05, 3.63) is 48.5 Å². The van der Waals surface area contributed by atoms with Gasteiger partial charge in [0.05, 0.1) is 0 Å². The molecule has 0 atom stereocenters. The van der Waals surface area contributed by atoms with E-state index in [2.05, 4.69) is 10.1 Å². The number of benzene rings is 2. The van der Waals surface area contributed by atoms with E-state index in [0.717, 1.165) is 12.1 Å². The number of carbonyl (C=O) groups is 1. The van der Waals surface area contributed by atoms with Crippen LogP contribution >= 0.6 is 0 Å². The van der Waals surface area contributed by atoms with Crippen LogP contribution in [0.15, 0.2) is 48.5 Å². The van der Waals surface area contributed by atoms with E-state index in [0.29, 0.717) is 17.2 Å². The average molecular weight is 327 g/mol. The molecule has 0 bridgehead atoms. The van der Waals surface area contributed by atoms with Gasteiger partial charge in [0.15, 0.2) is 0 Å². The number of hydrogen-bond donors (Lipinski definition) is 2. The van der Waals surface area contributed by atoms with E-state index >= 15 is 0 Å². The predicted molar refractivity (Wildman–Crippen MR) is 75.8 cm³/mol. The lowest BCUT2D eigenvalue weighted by molar-refractivity contribution is -0.274. The van der Waals surface area contributed by atoms with E-state index in [9.17, 15) is 18.0 Å². The fourth-order valence-electron chi connectivity index (χ4n) is 1.69. The van der Waals surface area contributed by atoms with Gasteiger partial charge in [0.25, 0.3) is 0 Å². The summed E-state index contributed by atoms with van der Waals surface area (Å²) in [4.78, 5) is 10.5. The van der Waals surface area contributed by atoms with Crippen LogP contribution in [0.2, 0.25) is 0 Å². The quantitative estimate of drug-likeness (QED) is 0.843. The van der Waals surface area contributed by atoms with Crippen LogP contribution in [0.25, 0.3) is 0 Å². The van der Waals surface area contributed by atoms with Gasteiger partial charge in [-0.2, -0.15) is 0 Å². The zero-order valence-electron chi connectivity index (χ0n) is 11.6. The molecule has 122 valence electrons. The first-order chi connectivity index (χ1) is 10.8. The molecule has 5 nitrogen and oxygen atoms in total. The summed E-state index contributed by atoms with van der Waals surface area (Å²) >= 11 is 0. The molecule has 0 spiro atoms. The number of anilines is 1. The summed E-state index contributed by atoms with van der Waals surface area (Å²) < 4.78 is 45.4. The van der Waals surface area contributed by atoms with Crippen molar-refractivity contribution >= 4 is 11.7 Å². The Hall–Kier alpha value is -2.90. The minimum Gasteiger partial charge on any atom is -0.480 e. The molecule has 23 heavy (non-hydrogen) atoms. The lowest BCUT2D eigenvalue weighted by Crippen LogP contribution is -2.16. The molecule has 0 aliphatic rings. The Balaban J connectivity index is 2.01. The number of rotatable bonds is 6. The number of carboxylic acid groups (broad SMARTS) is 1. The van der Waals surface area contributed by atoms with Crippen molar-refractivity contribution in [2.75, 3.05) is 11.9 Å². The Morgan fingerprint density at radius 1 is 1.04 bits per heavy atom. The Bertz CT molecular complexity index is 671. The maximum Gasteiger partial charge on any atom is 0.573 e. The maximum absolute atomic E-state index is 12.1. The molecule has 0 saturated heterocycles. The van der Waals surface area contributed by atoms with E-state index in [4.69, 9.17) is 9.84 Å². The SMILES string of the molecule is O=C(O)CNc1cccc(Oc2ccc(OC(F)(F)F)cc2)c1. The van der Waals surface area contributed by atoms with Gasteiger partial charge in [0.2, 0.25) is 0 Å². The maximum atomic E-state index is 12.1. The molecule has 0 heterocycles. The van der Waals surface area contributed by atoms with Crippen LogP contribution in [-0.4, -0.2) is 24.0 Å². The van der Waals surface area contributed by atoms with Gasteiger partial charge in [-0.05, 0) is 36.4 Å². The Morgan fingerprint density at radius 2 is 1.70 bits per heavy atom. The number of ether oxygens (including phenoxy) is 2. The Morgan fingerprint density at radius 3 is 2.30 bits per heavy atom. The summed E-state index contributed by atoms with van der Waals surface area (Å²) in [6.07, 6.45) is -4.74. The van der Waals surface area contributed by atoms with Crippen LogP contribution in [-0.2, 0) is 4.79 Å². The summed E-state index contributed by atoms with van der Waals surface area (Å²) in [6.45, 7) is -0.243. The number of alkyl halides is 3. The molecule has 0 aliphatic heterocycles. The van der Waals surface area contributed by atoms with E-state index in [-0.39, 0.29) is 12.3 Å². The third-order valence-corrected chi connectivity index (χ3v) is 2.57. The van der Waals surface area contributed by atoms with Gasteiger partial charge in [-0.1, -0.05) is 6.07 Å². The van der Waals surface area contributed by atoms with E-state index in [1.807, 2.05) is 0 Å². The summed E-state index contributed by atoms with van der Waals surface area (Å²) in [5, 5.41) is 11.3. The van der Waals surface area contributed by atoms with Crippen LogP contribution in [0.1, 0.15) is 0 Å². The van der Waals surface area contributed by atoms with Crippen molar-refractivity contribution in [3.63, 3.8) is 0 Å². The molecule has 2 aromatic carbocycles. The highest BCUT2D eigenvalue weighted by Gasteiger charge is 2.30. The van der Waals surface area contributed by atoms with Crippen molar-refractivity contribution in [3.8, 4) is 17.2 Å². The van der Waals surface area contributed by atoms with Crippen LogP contribution < -0.4 is 14.8 Å². The van der Waals surface area contributed by atoms with Gasteiger partial charge in [-0.3, -0.25) is 4.79 Å². The van der Waals surface area contributed by atoms with Crippen LogP contribution in [0, 0.1) is 0 Å². The molecule has 2 aromatic rings. The average Bonchev–Trinajstić information content (AvgIpc) is 2.46. The second-order valence-electron chi connectivity index (χ2n) is 4.40. The Labute approximate surface area is 129 Å². The van der Waals surface area contributed by atoms with E-state index in [1.54, 1.807) is 24.3 Å². The molecule has 0 aromatic heterocycles. The highest BCUT2D eigenvalue weighted by atomic mass is 19.4. The number of carboxylic acids is 1. The van der Waals surface area contributed by atoms with Crippen molar-refractivity contribution < 1.29 is 32.5 Å². The lowest BCUT2D eigenvalue weighted by Gasteiger charge is -2.11. The summed E-state index contributed by atoms with van der Waals surface area (Å²) in [7, 11) is 0. The summed E-state index contributed by atoms with van der Waals surface area (Å²) in [5.41, 5.74) is 0.543. The fraction of sp³-hybridized carbons (Fsp3) is 0.133.